The van der Waals surface area contributed by atoms with Crippen molar-refractivity contribution in [2.45, 2.75) is 35.5 Å². The smallest absolute Gasteiger partial charge is 0.362 e. The number of carbonyl (C=O) groups is 1. The van der Waals surface area contributed by atoms with Crippen molar-refractivity contribution in [3.8, 4) is 0 Å². The van der Waals surface area contributed by atoms with Crippen LogP contribution in [0.15, 0.2) is 57.7 Å². The Morgan fingerprint density at radius 3 is 2.75 bits per heavy atom. The summed E-state index contributed by atoms with van der Waals surface area (Å²) < 4.78 is 6.15. The molecule has 3 aromatic rings. The Labute approximate surface area is 192 Å². The van der Waals surface area contributed by atoms with Crippen molar-refractivity contribution in [2.75, 3.05) is 18.5 Å². The SMILES string of the molecule is O=Nc1ccc2[nH+]c(NC(=O)/C(=N/O[C@@H]3CCOC3)c3ccc(SC4CC4)cc3)sc2c1. The van der Waals surface area contributed by atoms with Crippen LogP contribution in [-0.2, 0) is 14.4 Å². The molecule has 1 aliphatic heterocycles. The number of nitrogens with zero attached hydrogens (tertiary/aromatic N) is 2. The molecule has 1 aliphatic carbocycles. The summed E-state index contributed by atoms with van der Waals surface area (Å²) in [5, 5.41) is 11.3. The van der Waals surface area contributed by atoms with Crippen LogP contribution in [0.2, 0.25) is 0 Å². The van der Waals surface area contributed by atoms with Crippen LogP contribution in [0.3, 0.4) is 0 Å². The Morgan fingerprint density at radius 2 is 2.03 bits per heavy atom. The number of fused-ring (bicyclic) bond motifs is 1. The molecular weight excluding hydrogens is 448 g/mol. The molecule has 1 amide bonds. The molecule has 0 radical (unpaired) electrons. The second-order valence-electron chi connectivity index (χ2n) is 7.65. The number of carbonyl (C=O) groups excluding carboxylic acids is 1. The van der Waals surface area contributed by atoms with Crippen molar-refractivity contribution < 1.29 is 19.4 Å². The normalized spacial score (nSPS) is 18.6. The molecule has 0 spiro atoms. The minimum Gasteiger partial charge on any atom is -0.389 e. The highest BCUT2D eigenvalue weighted by Gasteiger charge is 2.26. The largest absolute Gasteiger partial charge is 0.389 e. The van der Waals surface area contributed by atoms with Crippen LogP contribution in [0.1, 0.15) is 24.8 Å². The van der Waals surface area contributed by atoms with E-state index >= 15 is 0 Å². The molecule has 1 saturated heterocycles. The first-order valence-electron chi connectivity index (χ1n) is 10.4. The van der Waals surface area contributed by atoms with Crippen LogP contribution < -0.4 is 10.3 Å². The molecular formula is C22H21N4O4S2+. The molecule has 1 saturated carbocycles. The van der Waals surface area contributed by atoms with Crippen molar-refractivity contribution >= 4 is 55.8 Å². The number of anilines is 1. The van der Waals surface area contributed by atoms with Gasteiger partial charge in [0, 0.05) is 22.1 Å². The van der Waals surface area contributed by atoms with Crippen LogP contribution in [0.25, 0.3) is 10.2 Å². The number of nitrogens with one attached hydrogen (secondary N) is 2. The number of ether oxygens (including phenoxy) is 1. The van der Waals surface area contributed by atoms with Gasteiger partial charge in [-0.25, -0.2) is 9.78 Å². The zero-order valence-corrected chi connectivity index (χ0v) is 18.7. The predicted octanol–water partition coefficient (Wildman–Crippen LogP) is 4.52. The molecule has 0 unspecified atom stereocenters. The number of nitroso groups, excluding NO2 is 1. The number of oxime groups is 1. The quantitative estimate of drug-likeness (QED) is 0.297. The lowest BCUT2D eigenvalue weighted by molar-refractivity contribution is -0.321. The molecule has 10 heteroatoms. The van der Waals surface area contributed by atoms with E-state index in [1.165, 1.54) is 29.1 Å². The lowest BCUT2D eigenvalue weighted by atomic mass is 10.1. The summed E-state index contributed by atoms with van der Waals surface area (Å²) in [7, 11) is 0. The predicted molar refractivity (Wildman–Crippen MR) is 125 cm³/mol. The zero-order chi connectivity index (χ0) is 21.9. The molecule has 8 nitrogen and oxygen atoms in total. The summed E-state index contributed by atoms with van der Waals surface area (Å²) in [5.74, 6) is -0.386. The number of aromatic amines is 1. The topological polar surface area (TPSA) is 103 Å². The van der Waals surface area contributed by atoms with Gasteiger partial charge in [0.2, 0.25) is 0 Å². The van der Waals surface area contributed by atoms with Crippen molar-refractivity contribution in [3.63, 3.8) is 0 Å². The third-order valence-corrected chi connectivity index (χ3v) is 7.42. The third-order valence-electron chi connectivity index (χ3n) is 5.11. The van der Waals surface area contributed by atoms with Gasteiger partial charge in [0.15, 0.2) is 11.8 Å². The molecule has 0 bridgehead atoms. The molecule has 2 heterocycles. The number of aromatic nitrogens is 1. The molecule has 164 valence electrons. The zero-order valence-electron chi connectivity index (χ0n) is 17.1. The lowest BCUT2D eigenvalue weighted by Gasteiger charge is -2.08. The molecule has 2 fully saturated rings. The van der Waals surface area contributed by atoms with E-state index in [0.717, 1.165) is 16.6 Å². The first kappa shape index (κ1) is 21.0. The van der Waals surface area contributed by atoms with Gasteiger partial charge in [-0.15, -0.1) is 16.7 Å². The van der Waals surface area contributed by atoms with Gasteiger partial charge < -0.3 is 9.57 Å². The van der Waals surface area contributed by atoms with E-state index < -0.39 is 0 Å². The van der Waals surface area contributed by atoms with E-state index in [-0.39, 0.29) is 17.7 Å². The van der Waals surface area contributed by atoms with Crippen molar-refractivity contribution in [1.29, 1.82) is 0 Å². The molecule has 1 aromatic heterocycles. The van der Waals surface area contributed by atoms with Gasteiger partial charge in [-0.1, -0.05) is 17.3 Å². The summed E-state index contributed by atoms with van der Waals surface area (Å²) in [6.07, 6.45) is 3.10. The highest BCUT2D eigenvalue weighted by molar-refractivity contribution is 8.00. The van der Waals surface area contributed by atoms with Crippen molar-refractivity contribution in [2.24, 2.45) is 10.3 Å². The Balaban J connectivity index is 1.37. The summed E-state index contributed by atoms with van der Waals surface area (Å²) in [5.41, 5.74) is 2.01. The van der Waals surface area contributed by atoms with Crippen LogP contribution in [0.5, 0.6) is 0 Å². The third kappa shape index (κ3) is 4.98. The minimum atomic E-state index is -0.386. The fourth-order valence-corrected chi connectivity index (χ4v) is 5.23. The second-order valence-corrected chi connectivity index (χ2v) is 10.1. The number of thiazole rings is 1. The van der Waals surface area contributed by atoms with E-state index in [4.69, 9.17) is 9.57 Å². The van der Waals surface area contributed by atoms with E-state index in [2.05, 4.69) is 20.6 Å². The number of rotatable bonds is 8. The molecule has 2 N–H and O–H groups in total. The van der Waals surface area contributed by atoms with E-state index in [9.17, 15) is 9.70 Å². The Kier molecular flexibility index (Phi) is 6.15. The lowest BCUT2D eigenvalue weighted by Crippen LogP contribution is -2.27. The summed E-state index contributed by atoms with van der Waals surface area (Å²) >= 11 is 3.18. The Hall–Kier alpha value is -2.82. The van der Waals surface area contributed by atoms with Crippen molar-refractivity contribution in [1.82, 2.24) is 0 Å². The maximum atomic E-state index is 13.2. The maximum absolute atomic E-state index is 13.2. The Bertz CT molecular complexity index is 1170. The van der Waals surface area contributed by atoms with E-state index in [1.807, 2.05) is 36.0 Å². The highest BCUT2D eigenvalue weighted by Crippen LogP contribution is 2.39. The standard InChI is InChI=1S/C22H20N4O4S2/c27-21(24-22-23-18-8-3-14(25-28)11-19(18)32-22)20(26-30-15-9-10-29-12-15)13-1-4-16(5-2-13)31-17-6-7-17/h1-5,8,11,15,17H,6-7,9-10,12H2,(H,23,24,27)/p+1/b26-20+/t15-/m1/s1. The minimum absolute atomic E-state index is 0.160. The average molecular weight is 470 g/mol. The highest BCUT2D eigenvalue weighted by atomic mass is 32.2. The van der Waals surface area contributed by atoms with Crippen molar-refractivity contribution in [3.05, 3.63) is 52.9 Å². The number of thioether (sulfide) groups is 1. The molecule has 2 aromatic carbocycles. The maximum Gasteiger partial charge on any atom is 0.362 e. The number of hydrogen-bond donors (Lipinski definition) is 1. The molecule has 5 rings (SSSR count). The van der Waals surface area contributed by atoms with Gasteiger partial charge in [0.05, 0.1) is 17.9 Å². The molecule has 2 aliphatic rings. The first-order valence-corrected chi connectivity index (χ1v) is 12.1. The first-order chi connectivity index (χ1) is 15.7. The van der Waals surface area contributed by atoms with Crippen LogP contribution >= 0.6 is 23.1 Å². The van der Waals surface area contributed by atoms with E-state index in [0.29, 0.717) is 34.8 Å². The Morgan fingerprint density at radius 1 is 1.19 bits per heavy atom. The summed E-state index contributed by atoms with van der Waals surface area (Å²) in [6, 6.07) is 12.9. The van der Waals surface area contributed by atoms with Crippen LogP contribution in [-0.4, -0.2) is 36.2 Å². The van der Waals surface area contributed by atoms with Gasteiger partial charge in [0.25, 0.3) is 0 Å². The van der Waals surface area contributed by atoms with Gasteiger partial charge in [0.1, 0.15) is 11.2 Å². The molecule has 1 atom stereocenters. The fourth-order valence-electron chi connectivity index (χ4n) is 3.25. The fraction of sp³-hybridized carbons (Fsp3) is 0.318. The van der Waals surface area contributed by atoms with Gasteiger partial charge in [-0.05, 0) is 59.7 Å². The summed E-state index contributed by atoms with van der Waals surface area (Å²) in [6.45, 7) is 1.09. The van der Waals surface area contributed by atoms with Crippen LogP contribution in [0.4, 0.5) is 10.8 Å². The monoisotopic (exact) mass is 469 g/mol. The number of H-pyrrole nitrogens is 1. The number of benzene rings is 2. The molecule has 32 heavy (non-hydrogen) atoms. The van der Waals surface area contributed by atoms with E-state index in [1.54, 1.807) is 18.2 Å². The second kappa shape index (κ2) is 9.35. The van der Waals surface area contributed by atoms with Gasteiger partial charge >= 0.3 is 11.0 Å². The number of hydrogen-bond acceptors (Lipinski definition) is 8. The van der Waals surface area contributed by atoms with Gasteiger partial charge in [-0.3, -0.25) is 0 Å². The summed E-state index contributed by atoms with van der Waals surface area (Å²) in [4.78, 5) is 33.9. The number of amides is 1. The average Bonchev–Trinajstić information content (AvgIpc) is 3.30. The van der Waals surface area contributed by atoms with Crippen LogP contribution in [0, 0.1) is 4.91 Å². The van der Waals surface area contributed by atoms with Gasteiger partial charge in [-0.2, -0.15) is 5.32 Å².